The van der Waals surface area contributed by atoms with E-state index in [-0.39, 0.29) is 13.2 Å². The van der Waals surface area contributed by atoms with E-state index in [0.29, 0.717) is 17.7 Å². The molecule has 1 aromatic rings. The molecule has 0 amide bonds. The van der Waals surface area contributed by atoms with Gasteiger partial charge in [-0.05, 0) is 18.2 Å². The van der Waals surface area contributed by atoms with Crippen LogP contribution >= 0.6 is 15.9 Å². The van der Waals surface area contributed by atoms with E-state index in [1.54, 1.807) is 18.2 Å². The Bertz CT molecular complexity index is 334. The molecule has 0 aliphatic heterocycles. The zero-order chi connectivity index (χ0) is 11.3. The Morgan fingerprint density at radius 1 is 1.47 bits per heavy atom. The van der Waals surface area contributed by atoms with Crippen LogP contribution in [-0.4, -0.2) is 24.3 Å². The fraction of sp³-hybridized carbons (Fsp3) is 0.300. The van der Waals surface area contributed by atoms with Gasteiger partial charge in [0.05, 0.1) is 12.2 Å². The van der Waals surface area contributed by atoms with E-state index in [1.165, 1.54) is 0 Å². The number of aliphatic hydroxyl groups is 1. The summed E-state index contributed by atoms with van der Waals surface area (Å²) in [6.07, 6.45) is 0.440. The molecular weight excluding hydrogens is 262 g/mol. The maximum Gasteiger partial charge on any atom is 0.338 e. The van der Waals surface area contributed by atoms with Crippen molar-refractivity contribution >= 4 is 27.6 Å². The van der Waals surface area contributed by atoms with Gasteiger partial charge in [-0.2, -0.15) is 0 Å². The number of carbonyl (C=O) groups is 1. The molecule has 0 aliphatic carbocycles. The molecule has 0 radical (unpaired) electrons. The van der Waals surface area contributed by atoms with Gasteiger partial charge in [0.2, 0.25) is 0 Å². The molecule has 82 valence electrons. The number of esters is 1. The maximum atomic E-state index is 11.4. The number of benzene rings is 1. The first-order valence-corrected chi connectivity index (χ1v) is 5.27. The van der Waals surface area contributed by atoms with Gasteiger partial charge in [-0.3, -0.25) is 0 Å². The third-order valence-corrected chi connectivity index (χ3v) is 2.15. The number of carbonyl (C=O) groups excluding carboxylic acids is 1. The number of hydrogen-bond donors (Lipinski definition) is 2. The summed E-state index contributed by atoms with van der Waals surface area (Å²) in [6.45, 7) is 0.218. The van der Waals surface area contributed by atoms with Crippen LogP contribution in [0.25, 0.3) is 0 Å². The van der Waals surface area contributed by atoms with Gasteiger partial charge >= 0.3 is 5.97 Å². The van der Waals surface area contributed by atoms with Crippen molar-refractivity contribution in [2.75, 3.05) is 18.9 Å². The summed E-state index contributed by atoms with van der Waals surface area (Å²) in [6, 6.07) is 4.88. The van der Waals surface area contributed by atoms with E-state index in [0.717, 1.165) is 4.47 Å². The second-order valence-corrected chi connectivity index (χ2v) is 3.90. The van der Waals surface area contributed by atoms with Crippen molar-refractivity contribution in [2.45, 2.75) is 6.42 Å². The van der Waals surface area contributed by atoms with Crippen molar-refractivity contribution in [3.8, 4) is 0 Å². The highest BCUT2D eigenvalue weighted by atomic mass is 79.9. The molecule has 0 heterocycles. The Morgan fingerprint density at radius 2 is 2.20 bits per heavy atom. The average Bonchev–Trinajstić information content (AvgIpc) is 2.16. The Kier molecular flexibility index (Phi) is 4.58. The summed E-state index contributed by atoms with van der Waals surface area (Å²) in [5, 5.41) is 8.52. The number of nitrogens with two attached hydrogens (primary N) is 1. The Morgan fingerprint density at radius 3 is 2.80 bits per heavy atom. The van der Waals surface area contributed by atoms with Crippen molar-refractivity contribution in [3.05, 3.63) is 28.2 Å². The SMILES string of the molecule is Nc1cc(Br)cc(C(=O)OCCCO)c1. The first-order chi connectivity index (χ1) is 7.13. The number of nitrogen functional groups attached to an aromatic ring is 1. The Labute approximate surface area is 96.2 Å². The molecule has 3 N–H and O–H groups in total. The number of rotatable bonds is 4. The van der Waals surface area contributed by atoms with Crippen LogP contribution in [0.5, 0.6) is 0 Å². The quantitative estimate of drug-likeness (QED) is 0.496. The van der Waals surface area contributed by atoms with Crippen LogP contribution < -0.4 is 5.73 Å². The molecule has 4 nitrogen and oxygen atoms in total. The largest absolute Gasteiger partial charge is 0.462 e. The van der Waals surface area contributed by atoms with Gasteiger partial charge in [-0.15, -0.1) is 0 Å². The van der Waals surface area contributed by atoms with Crippen LogP contribution in [0.4, 0.5) is 5.69 Å². The maximum absolute atomic E-state index is 11.4. The van der Waals surface area contributed by atoms with Gasteiger partial charge in [0, 0.05) is 23.2 Å². The third kappa shape index (κ3) is 3.89. The van der Waals surface area contributed by atoms with Gasteiger partial charge < -0.3 is 15.6 Å². The summed E-state index contributed by atoms with van der Waals surface area (Å²) < 4.78 is 5.64. The number of aliphatic hydroxyl groups excluding tert-OH is 1. The highest BCUT2D eigenvalue weighted by molar-refractivity contribution is 9.10. The van der Waals surface area contributed by atoms with Crippen LogP contribution in [0.1, 0.15) is 16.8 Å². The lowest BCUT2D eigenvalue weighted by Gasteiger charge is -2.05. The topological polar surface area (TPSA) is 72.6 Å². The van der Waals surface area contributed by atoms with Gasteiger partial charge in [0.1, 0.15) is 0 Å². The van der Waals surface area contributed by atoms with E-state index in [4.69, 9.17) is 15.6 Å². The minimum Gasteiger partial charge on any atom is -0.462 e. The first kappa shape index (κ1) is 12.0. The predicted octanol–water partition coefficient (Wildman–Crippen LogP) is 1.57. The van der Waals surface area contributed by atoms with Crippen LogP contribution in [0.3, 0.4) is 0 Å². The number of halogens is 1. The Hall–Kier alpha value is -1.07. The molecule has 5 heteroatoms. The van der Waals surface area contributed by atoms with Crippen molar-refractivity contribution in [3.63, 3.8) is 0 Å². The van der Waals surface area contributed by atoms with Crippen LogP contribution in [0.2, 0.25) is 0 Å². The van der Waals surface area contributed by atoms with Crippen molar-refractivity contribution in [2.24, 2.45) is 0 Å². The van der Waals surface area contributed by atoms with Crippen molar-refractivity contribution < 1.29 is 14.6 Å². The summed E-state index contributed by atoms with van der Waals surface area (Å²) >= 11 is 3.24. The summed E-state index contributed by atoms with van der Waals surface area (Å²) in [5.41, 5.74) is 6.48. The van der Waals surface area contributed by atoms with E-state index >= 15 is 0 Å². The lowest BCUT2D eigenvalue weighted by Crippen LogP contribution is -2.08. The van der Waals surface area contributed by atoms with Gasteiger partial charge in [-0.25, -0.2) is 4.79 Å². The minimum absolute atomic E-state index is 0.00784. The Balaban J connectivity index is 2.65. The van der Waals surface area contributed by atoms with Crippen LogP contribution in [-0.2, 0) is 4.74 Å². The zero-order valence-electron chi connectivity index (χ0n) is 8.07. The number of anilines is 1. The fourth-order valence-corrected chi connectivity index (χ4v) is 1.55. The lowest BCUT2D eigenvalue weighted by atomic mass is 10.2. The lowest BCUT2D eigenvalue weighted by molar-refractivity contribution is 0.0482. The molecule has 0 unspecified atom stereocenters. The standard InChI is InChI=1S/C10H12BrNO3/c11-8-4-7(5-9(12)6-8)10(14)15-3-1-2-13/h4-6,13H,1-3,12H2. The minimum atomic E-state index is -0.434. The second kappa shape index (κ2) is 5.72. The third-order valence-electron chi connectivity index (χ3n) is 1.69. The molecule has 0 fully saturated rings. The van der Waals surface area contributed by atoms with E-state index in [9.17, 15) is 4.79 Å². The number of hydrogen-bond acceptors (Lipinski definition) is 4. The average molecular weight is 274 g/mol. The normalized spacial score (nSPS) is 10.0. The van der Waals surface area contributed by atoms with E-state index in [1.807, 2.05) is 0 Å². The molecule has 1 rings (SSSR count). The van der Waals surface area contributed by atoms with Crippen molar-refractivity contribution in [1.82, 2.24) is 0 Å². The number of ether oxygens (including phenoxy) is 1. The monoisotopic (exact) mass is 273 g/mol. The molecule has 0 aromatic heterocycles. The smallest absolute Gasteiger partial charge is 0.338 e. The summed E-state index contributed by atoms with van der Waals surface area (Å²) in [5.74, 6) is -0.434. The van der Waals surface area contributed by atoms with Gasteiger partial charge in [-0.1, -0.05) is 15.9 Å². The van der Waals surface area contributed by atoms with E-state index < -0.39 is 5.97 Å². The predicted molar refractivity (Wildman–Crippen MR) is 60.5 cm³/mol. The van der Waals surface area contributed by atoms with Gasteiger partial charge in [0.15, 0.2) is 0 Å². The molecule has 0 atom stereocenters. The molecule has 15 heavy (non-hydrogen) atoms. The molecule has 0 aliphatic rings. The highest BCUT2D eigenvalue weighted by Gasteiger charge is 2.08. The van der Waals surface area contributed by atoms with Crippen molar-refractivity contribution in [1.29, 1.82) is 0 Å². The molecular formula is C10H12BrNO3. The molecule has 1 aromatic carbocycles. The zero-order valence-corrected chi connectivity index (χ0v) is 9.66. The summed E-state index contributed by atoms with van der Waals surface area (Å²) in [7, 11) is 0. The second-order valence-electron chi connectivity index (χ2n) is 2.99. The first-order valence-electron chi connectivity index (χ1n) is 4.47. The molecule has 0 saturated carbocycles. The van der Waals surface area contributed by atoms with Crippen LogP contribution in [0.15, 0.2) is 22.7 Å². The van der Waals surface area contributed by atoms with Gasteiger partial charge in [0.25, 0.3) is 0 Å². The molecule has 0 bridgehead atoms. The fourth-order valence-electron chi connectivity index (χ4n) is 1.04. The molecule has 0 saturated heterocycles. The molecule has 0 spiro atoms. The van der Waals surface area contributed by atoms with Crippen LogP contribution in [0, 0.1) is 0 Å². The highest BCUT2D eigenvalue weighted by Crippen LogP contribution is 2.17. The summed E-state index contributed by atoms with van der Waals surface area (Å²) in [4.78, 5) is 11.4. The van der Waals surface area contributed by atoms with E-state index in [2.05, 4.69) is 15.9 Å².